The van der Waals surface area contributed by atoms with Crippen molar-refractivity contribution < 1.29 is 0 Å². The summed E-state index contributed by atoms with van der Waals surface area (Å²) in [6.45, 7) is 0. The van der Waals surface area contributed by atoms with Crippen molar-refractivity contribution in [2.75, 3.05) is 0 Å². The smallest absolute Gasteiger partial charge is 0.0690 e. The number of nitrogens with one attached hydrogen (secondary N) is 1. The summed E-state index contributed by atoms with van der Waals surface area (Å²) in [6, 6.07) is 0. The summed E-state index contributed by atoms with van der Waals surface area (Å²) in [5, 5.41) is 9.33. The lowest BCUT2D eigenvalue weighted by Gasteiger charge is -1.48. The van der Waals surface area contributed by atoms with E-state index in [1.807, 2.05) is 0 Å². The van der Waals surface area contributed by atoms with Crippen LogP contribution in [0.3, 0.4) is 0 Å². The van der Waals surface area contributed by atoms with E-state index in [-0.39, 0.29) is 6.15 Å². The first kappa shape index (κ1) is 5.10. The zero-order valence-electron chi connectivity index (χ0n) is 3.26. The van der Waals surface area contributed by atoms with Gasteiger partial charge < -0.3 is 6.15 Å². The van der Waals surface area contributed by atoms with Crippen LogP contribution in [0.4, 0.5) is 0 Å². The summed E-state index contributed by atoms with van der Waals surface area (Å²) >= 11 is 0. The molecule has 4 heteroatoms. The predicted octanol–water partition coefficient (Wildman–Crippen LogP) is -0.0333. The molecule has 0 spiro atoms. The van der Waals surface area contributed by atoms with E-state index in [4.69, 9.17) is 0 Å². The normalized spacial score (nSPS) is 6.67. The Labute approximate surface area is 35.2 Å². The Bertz CT molecular complexity index is 62.0. The highest BCUT2D eigenvalue weighted by atomic mass is 15.3. The van der Waals surface area contributed by atoms with Crippen LogP contribution >= 0.6 is 0 Å². The molecule has 0 amide bonds. The van der Waals surface area contributed by atoms with Gasteiger partial charge in [-0.2, -0.15) is 15.4 Å². The second-order valence-electron chi connectivity index (χ2n) is 0.656. The van der Waals surface area contributed by atoms with Gasteiger partial charge in [-0.15, -0.1) is 0 Å². The van der Waals surface area contributed by atoms with Crippen LogP contribution in [0, 0.1) is 0 Å². The summed E-state index contributed by atoms with van der Waals surface area (Å²) in [7, 11) is 0. The molecule has 1 aromatic rings. The van der Waals surface area contributed by atoms with Gasteiger partial charge in [-0.05, 0) is 0 Å². The fraction of sp³-hybridized carbons (Fsp3) is 0. The molecule has 0 atom stereocenters. The van der Waals surface area contributed by atoms with E-state index in [2.05, 4.69) is 15.4 Å². The molecule has 0 aliphatic carbocycles. The Morgan fingerprint density at radius 1 is 1.17 bits per heavy atom. The summed E-state index contributed by atoms with van der Waals surface area (Å²) < 4.78 is 0. The second kappa shape index (κ2) is 2.34. The molecule has 0 aliphatic rings. The van der Waals surface area contributed by atoms with Crippen LogP contribution in [0.25, 0.3) is 0 Å². The monoisotopic (exact) mass is 86.1 g/mol. The lowest BCUT2D eigenvalue weighted by molar-refractivity contribution is 0.940. The quantitative estimate of drug-likeness (QED) is 0.465. The fourth-order valence-corrected chi connectivity index (χ4v) is 0.167. The van der Waals surface area contributed by atoms with Crippen LogP contribution in [0.1, 0.15) is 0 Å². The lowest BCUT2D eigenvalue weighted by Crippen LogP contribution is -1.61. The molecular formula is C2H6N4. The van der Waals surface area contributed by atoms with Gasteiger partial charge in [-0.3, -0.25) is 0 Å². The van der Waals surface area contributed by atoms with Crippen LogP contribution in [0.5, 0.6) is 0 Å². The molecule has 4 N–H and O–H groups in total. The molecule has 0 aliphatic heterocycles. The van der Waals surface area contributed by atoms with Gasteiger partial charge >= 0.3 is 0 Å². The Morgan fingerprint density at radius 2 is 1.67 bits per heavy atom. The van der Waals surface area contributed by atoms with Gasteiger partial charge in [-0.1, -0.05) is 0 Å². The van der Waals surface area contributed by atoms with Crippen LogP contribution in [0.2, 0.25) is 0 Å². The van der Waals surface area contributed by atoms with Gasteiger partial charge in [0.25, 0.3) is 0 Å². The molecule has 1 rings (SSSR count). The lowest BCUT2D eigenvalue weighted by atomic mass is 11.0. The van der Waals surface area contributed by atoms with Crippen LogP contribution < -0.4 is 6.15 Å². The van der Waals surface area contributed by atoms with Gasteiger partial charge in [0.1, 0.15) is 0 Å². The third-order valence-corrected chi connectivity index (χ3v) is 0.331. The molecule has 0 bridgehead atoms. The fourth-order valence-electron chi connectivity index (χ4n) is 0.167. The topological polar surface area (TPSA) is 76.6 Å². The van der Waals surface area contributed by atoms with Gasteiger partial charge in [0.15, 0.2) is 0 Å². The van der Waals surface area contributed by atoms with Crippen LogP contribution in [0.15, 0.2) is 12.4 Å². The third-order valence-electron chi connectivity index (χ3n) is 0.331. The summed E-state index contributed by atoms with van der Waals surface area (Å²) in [6.07, 6.45) is 3.17. The maximum absolute atomic E-state index is 3.49. The summed E-state index contributed by atoms with van der Waals surface area (Å²) in [5.74, 6) is 0. The van der Waals surface area contributed by atoms with E-state index in [1.165, 1.54) is 0 Å². The van der Waals surface area contributed by atoms with Crippen LogP contribution in [-0.4, -0.2) is 15.4 Å². The molecule has 0 saturated heterocycles. The van der Waals surface area contributed by atoms with E-state index in [0.717, 1.165) is 0 Å². The largest absolute Gasteiger partial charge is 0.344 e. The second-order valence-corrected chi connectivity index (χ2v) is 0.656. The van der Waals surface area contributed by atoms with E-state index in [1.54, 1.807) is 12.4 Å². The minimum atomic E-state index is 0. The standard InChI is InChI=1S/C2H3N3.H3N/c1-2-4-5-3-1;/h1-2H,(H,3,4,5);1H3. The van der Waals surface area contributed by atoms with Gasteiger partial charge in [0.05, 0.1) is 12.4 Å². The van der Waals surface area contributed by atoms with E-state index < -0.39 is 0 Å². The number of H-pyrrole nitrogens is 1. The van der Waals surface area contributed by atoms with E-state index in [0.29, 0.717) is 0 Å². The van der Waals surface area contributed by atoms with E-state index in [9.17, 15) is 0 Å². The molecular weight excluding hydrogens is 80.0 g/mol. The van der Waals surface area contributed by atoms with Gasteiger partial charge in [0, 0.05) is 0 Å². The third kappa shape index (κ3) is 0.813. The zero-order valence-corrected chi connectivity index (χ0v) is 3.26. The number of hydrogen-bond acceptors (Lipinski definition) is 3. The first-order valence-corrected chi connectivity index (χ1v) is 1.30. The van der Waals surface area contributed by atoms with Crippen molar-refractivity contribution >= 4 is 0 Å². The average Bonchev–Trinajstić information content (AvgIpc) is 1.76. The van der Waals surface area contributed by atoms with E-state index >= 15 is 0 Å². The first-order valence-electron chi connectivity index (χ1n) is 1.30. The Morgan fingerprint density at radius 3 is 1.83 bits per heavy atom. The molecule has 6 heavy (non-hydrogen) atoms. The SMILES string of the molecule is N.c1cn[nH]n1. The van der Waals surface area contributed by atoms with Crippen molar-refractivity contribution in [2.45, 2.75) is 0 Å². The molecule has 1 heterocycles. The number of nitrogens with zero attached hydrogens (tertiary/aromatic N) is 2. The number of aromatic amines is 1. The summed E-state index contributed by atoms with van der Waals surface area (Å²) in [5.41, 5.74) is 0. The average molecular weight is 86.1 g/mol. The van der Waals surface area contributed by atoms with Gasteiger partial charge in [0.2, 0.25) is 0 Å². The maximum Gasteiger partial charge on any atom is 0.0690 e. The van der Waals surface area contributed by atoms with Gasteiger partial charge in [-0.25, -0.2) is 0 Å². The molecule has 1 aromatic heterocycles. The first-order chi connectivity index (χ1) is 2.50. The predicted molar refractivity (Wildman–Crippen MR) is 21.4 cm³/mol. The molecule has 34 valence electrons. The van der Waals surface area contributed by atoms with Crippen LogP contribution in [-0.2, 0) is 0 Å². The highest BCUT2D eigenvalue weighted by Gasteiger charge is 1.57. The highest BCUT2D eigenvalue weighted by Crippen LogP contribution is 1.55. The van der Waals surface area contributed by atoms with Crippen molar-refractivity contribution in [1.29, 1.82) is 0 Å². The number of aromatic nitrogens is 3. The molecule has 0 unspecified atom stereocenters. The molecule has 4 nitrogen and oxygen atoms in total. The Hall–Kier alpha value is -0.900. The Balaban J connectivity index is 0.000000250. The number of hydrogen-bond donors (Lipinski definition) is 2. The Kier molecular flexibility index (Phi) is 1.99. The highest BCUT2D eigenvalue weighted by molar-refractivity contribution is 4.54. The number of rotatable bonds is 0. The molecule has 0 saturated carbocycles. The van der Waals surface area contributed by atoms with Crippen molar-refractivity contribution in [1.82, 2.24) is 21.6 Å². The van der Waals surface area contributed by atoms with Crippen molar-refractivity contribution in [3.05, 3.63) is 12.4 Å². The molecule has 0 aromatic carbocycles. The zero-order chi connectivity index (χ0) is 3.54. The minimum absolute atomic E-state index is 0. The summed E-state index contributed by atoms with van der Waals surface area (Å²) in [4.78, 5) is 0. The molecule has 0 radical (unpaired) electrons. The minimum Gasteiger partial charge on any atom is -0.344 e. The maximum atomic E-state index is 3.49. The molecule has 0 fully saturated rings. The van der Waals surface area contributed by atoms with Crippen molar-refractivity contribution in [3.8, 4) is 0 Å². The van der Waals surface area contributed by atoms with Crippen molar-refractivity contribution in [2.24, 2.45) is 0 Å². The van der Waals surface area contributed by atoms with Crippen molar-refractivity contribution in [3.63, 3.8) is 0 Å².